The van der Waals surface area contributed by atoms with Crippen molar-refractivity contribution in [1.82, 2.24) is 9.38 Å². The van der Waals surface area contributed by atoms with Crippen LogP contribution in [0.2, 0.25) is 0 Å². The van der Waals surface area contributed by atoms with Crippen LogP contribution in [0.15, 0.2) is 53.6 Å². The fourth-order valence-corrected chi connectivity index (χ4v) is 3.26. The largest absolute Gasteiger partial charge is 0.302 e. The maximum Gasteiger partial charge on any atom is 0.262 e. The van der Waals surface area contributed by atoms with Crippen LogP contribution in [-0.4, -0.2) is 17.8 Å². The Morgan fingerprint density at radius 3 is 2.48 bits per heavy atom. The predicted molar refractivity (Wildman–Crippen MR) is 81.9 cm³/mol. The second-order valence-corrected chi connectivity index (χ2v) is 6.50. The van der Waals surface area contributed by atoms with Gasteiger partial charge in [-0.2, -0.15) is 0 Å². The van der Waals surface area contributed by atoms with Gasteiger partial charge in [0.2, 0.25) is 0 Å². The third-order valence-electron chi connectivity index (χ3n) is 3.42. The molecule has 1 N–H and O–H groups in total. The Morgan fingerprint density at radius 1 is 1.05 bits per heavy atom. The second-order valence-electron chi connectivity index (χ2n) is 4.82. The van der Waals surface area contributed by atoms with E-state index in [-0.39, 0.29) is 4.90 Å². The van der Waals surface area contributed by atoms with Gasteiger partial charge in [0.25, 0.3) is 10.0 Å². The first kappa shape index (κ1) is 13.6. The van der Waals surface area contributed by atoms with Gasteiger partial charge in [-0.3, -0.25) is 4.72 Å². The van der Waals surface area contributed by atoms with Gasteiger partial charge >= 0.3 is 0 Å². The summed E-state index contributed by atoms with van der Waals surface area (Å²) in [5.74, 6) is 0. The van der Waals surface area contributed by atoms with Crippen molar-refractivity contribution in [2.75, 3.05) is 4.72 Å². The van der Waals surface area contributed by atoms with Crippen molar-refractivity contribution < 1.29 is 8.42 Å². The molecular weight excluding hydrogens is 286 g/mol. The SMILES string of the molecule is Cc1nc2c(NS(=O)(=O)c3ccccc3)cccn2c1C. The summed E-state index contributed by atoms with van der Waals surface area (Å²) in [6.07, 6.45) is 1.87. The molecule has 2 aromatic heterocycles. The first-order chi connectivity index (χ1) is 9.99. The maximum atomic E-state index is 12.4. The monoisotopic (exact) mass is 301 g/mol. The van der Waals surface area contributed by atoms with Crippen molar-refractivity contribution in [2.24, 2.45) is 0 Å². The molecule has 0 aliphatic carbocycles. The number of aromatic nitrogens is 2. The molecule has 6 heteroatoms. The zero-order chi connectivity index (χ0) is 15.0. The van der Waals surface area contributed by atoms with E-state index in [1.54, 1.807) is 42.5 Å². The number of pyridine rings is 1. The van der Waals surface area contributed by atoms with Crippen LogP contribution in [0.1, 0.15) is 11.4 Å². The molecule has 3 rings (SSSR count). The summed E-state index contributed by atoms with van der Waals surface area (Å²) in [4.78, 5) is 4.66. The standard InChI is InChI=1S/C15H15N3O2S/c1-11-12(2)18-10-6-9-14(15(18)16-11)17-21(19,20)13-7-4-3-5-8-13/h3-10,17H,1-2H3. The summed E-state index contributed by atoms with van der Waals surface area (Å²) in [6, 6.07) is 11.8. The van der Waals surface area contributed by atoms with Crippen molar-refractivity contribution in [3.05, 3.63) is 60.0 Å². The molecule has 0 atom stereocenters. The van der Waals surface area contributed by atoms with Crippen molar-refractivity contribution in [3.63, 3.8) is 0 Å². The molecule has 0 amide bonds. The number of fused-ring (bicyclic) bond motifs is 1. The van der Waals surface area contributed by atoms with E-state index in [0.29, 0.717) is 11.3 Å². The molecule has 108 valence electrons. The molecule has 0 aliphatic rings. The zero-order valence-corrected chi connectivity index (χ0v) is 12.6. The van der Waals surface area contributed by atoms with Crippen LogP contribution < -0.4 is 4.72 Å². The molecule has 21 heavy (non-hydrogen) atoms. The van der Waals surface area contributed by atoms with Gasteiger partial charge in [-0.1, -0.05) is 18.2 Å². The highest BCUT2D eigenvalue weighted by Crippen LogP contribution is 2.22. The lowest BCUT2D eigenvalue weighted by atomic mass is 10.4. The molecule has 2 heterocycles. The van der Waals surface area contributed by atoms with E-state index in [2.05, 4.69) is 9.71 Å². The highest BCUT2D eigenvalue weighted by molar-refractivity contribution is 7.92. The van der Waals surface area contributed by atoms with Gasteiger partial charge in [0.05, 0.1) is 16.3 Å². The Hall–Kier alpha value is -2.34. The summed E-state index contributed by atoms with van der Waals surface area (Å²) < 4.78 is 29.3. The number of benzene rings is 1. The fraction of sp³-hybridized carbons (Fsp3) is 0.133. The third-order valence-corrected chi connectivity index (χ3v) is 4.80. The van der Waals surface area contributed by atoms with Crippen LogP contribution in [0.3, 0.4) is 0 Å². The van der Waals surface area contributed by atoms with Crippen molar-refractivity contribution in [2.45, 2.75) is 18.7 Å². The lowest BCUT2D eigenvalue weighted by Gasteiger charge is -2.09. The van der Waals surface area contributed by atoms with Crippen LogP contribution in [0.4, 0.5) is 5.69 Å². The number of nitrogens with one attached hydrogen (secondary N) is 1. The second kappa shape index (κ2) is 4.89. The molecule has 0 radical (unpaired) electrons. The quantitative estimate of drug-likeness (QED) is 0.809. The Kier molecular flexibility index (Phi) is 3.17. The third kappa shape index (κ3) is 2.38. The molecule has 0 unspecified atom stereocenters. The minimum Gasteiger partial charge on any atom is -0.302 e. The minimum atomic E-state index is -3.61. The summed E-state index contributed by atoms with van der Waals surface area (Å²) in [5.41, 5.74) is 2.94. The predicted octanol–water partition coefficient (Wildman–Crippen LogP) is 2.75. The van der Waals surface area contributed by atoms with Crippen LogP contribution in [0, 0.1) is 13.8 Å². The number of rotatable bonds is 3. The van der Waals surface area contributed by atoms with Crippen molar-refractivity contribution in [1.29, 1.82) is 0 Å². The number of nitrogens with zero attached hydrogens (tertiary/aromatic N) is 2. The lowest BCUT2D eigenvalue weighted by molar-refractivity contribution is 0.601. The fourth-order valence-electron chi connectivity index (χ4n) is 2.18. The van der Waals surface area contributed by atoms with E-state index < -0.39 is 10.0 Å². The highest BCUT2D eigenvalue weighted by Gasteiger charge is 2.16. The van der Waals surface area contributed by atoms with E-state index in [9.17, 15) is 8.42 Å². The molecular formula is C15H15N3O2S. The Labute approximate surface area is 123 Å². The smallest absolute Gasteiger partial charge is 0.262 e. The molecule has 3 aromatic rings. The average Bonchev–Trinajstić information content (AvgIpc) is 2.77. The highest BCUT2D eigenvalue weighted by atomic mass is 32.2. The summed E-state index contributed by atoms with van der Waals surface area (Å²) in [6.45, 7) is 3.85. The van der Waals surface area contributed by atoms with Crippen LogP contribution >= 0.6 is 0 Å². The molecule has 1 aromatic carbocycles. The molecule has 0 saturated heterocycles. The average molecular weight is 301 g/mol. The van der Waals surface area contributed by atoms with Gasteiger partial charge in [-0.15, -0.1) is 0 Å². The minimum absolute atomic E-state index is 0.229. The maximum absolute atomic E-state index is 12.4. The van der Waals surface area contributed by atoms with Gasteiger partial charge in [0, 0.05) is 11.9 Å². The van der Waals surface area contributed by atoms with Crippen LogP contribution in [0.5, 0.6) is 0 Å². The molecule has 0 saturated carbocycles. The number of imidazole rings is 1. The molecule has 5 nitrogen and oxygen atoms in total. The van der Waals surface area contributed by atoms with E-state index in [4.69, 9.17) is 0 Å². The Bertz CT molecular complexity index is 899. The van der Waals surface area contributed by atoms with Crippen LogP contribution in [-0.2, 0) is 10.0 Å². The molecule has 0 aliphatic heterocycles. The van der Waals surface area contributed by atoms with Gasteiger partial charge in [0.1, 0.15) is 0 Å². The topological polar surface area (TPSA) is 63.5 Å². The molecule has 0 bridgehead atoms. The number of sulfonamides is 1. The van der Waals surface area contributed by atoms with E-state index in [1.807, 2.05) is 24.4 Å². The van der Waals surface area contributed by atoms with Gasteiger partial charge < -0.3 is 4.40 Å². The first-order valence-corrected chi connectivity index (χ1v) is 7.99. The summed E-state index contributed by atoms with van der Waals surface area (Å²) in [7, 11) is -3.61. The number of hydrogen-bond donors (Lipinski definition) is 1. The van der Waals surface area contributed by atoms with E-state index in [0.717, 1.165) is 11.4 Å². The number of hydrogen-bond acceptors (Lipinski definition) is 3. The van der Waals surface area contributed by atoms with Crippen molar-refractivity contribution in [3.8, 4) is 0 Å². The zero-order valence-electron chi connectivity index (χ0n) is 11.7. The van der Waals surface area contributed by atoms with Gasteiger partial charge in [0.15, 0.2) is 5.65 Å². The number of anilines is 1. The summed E-state index contributed by atoms with van der Waals surface area (Å²) >= 11 is 0. The summed E-state index contributed by atoms with van der Waals surface area (Å²) in [5, 5.41) is 0. The Morgan fingerprint density at radius 2 is 1.76 bits per heavy atom. The molecule has 0 spiro atoms. The van der Waals surface area contributed by atoms with Gasteiger partial charge in [-0.25, -0.2) is 13.4 Å². The Balaban J connectivity index is 2.09. The number of aryl methyl sites for hydroxylation is 2. The lowest BCUT2D eigenvalue weighted by Crippen LogP contribution is -2.13. The van der Waals surface area contributed by atoms with E-state index >= 15 is 0 Å². The normalized spacial score (nSPS) is 11.7. The van der Waals surface area contributed by atoms with Crippen molar-refractivity contribution >= 4 is 21.4 Å². The van der Waals surface area contributed by atoms with Crippen LogP contribution in [0.25, 0.3) is 5.65 Å². The van der Waals surface area contributed by atoms with Gasteiger partial charge in [-0.05, 0) is 38.1 Å². The molecule has 0 fully saturated rings. The first-order valence-electron chi connectivity index (χ1n) is 6.51. The van der Waals surface area contributed by atoms with E-state index in [1.165, 1.54) is 0 Å².